The highest BCUT2D eigenvalue weighted by molar-refractivity contribution is 6.32. The van der Waals surface area contributed by atoms with Crippen molar-refractivity contribution < 1.29 is 4.79 Å². The van der Waals surface area contributed by atoms with Gasteiger partial charge >= 0.3 is 0 Å². The van der Waals surface area contributed by atoms with Gasteiger partial charge in [0, 0.05) is 30.1 Å². The maximum Gasteiger partial charge on any atom is 0.153 e. The van der Waals surface area contributed by atoms with Gasteiger partial charge < -0.3 is 5.32 Å². The molecule has 0 aromatic carbocycles. The predicted octanol–water partition coefficient (Wildman–Crippen LogP) is 4.33. The van der Waals surface area contributed by atoms with Gasteiger partial charge in [-0.25, -0.2) is 15.0 Å². The third kappa shape index (κ3) is 3.15. The Kier molecular flexibility index (Phi) is 4.34. The molecule has 7 heteroatoms. The van der Waals surface area contributed by atoms with Gasteiger partial charge in [0.2, 0.25) is 0 Å². The van der Waals surface area contributed by atoms with Crippen molar-refractivity contribution >= 4 is 29.5 Å². The van der Waals surface area contributed by atoms with Crippen molar-refractivity contribution in [2.24, 2.45) is 0 Å². The second-order valence-electron chi connectivity index (χ2n) is 6.22. The lowest BCUT2D eigenvalue weighted by molar-refractivity contribution is 0.112. The molecule has 1 aliphatic rings. The van der Waals surface area contributed by atoms with Crippen LogP contribution in [0.5, 0.6) is 0 Å². The van der Waals surface area contributed by atoms with Crippen molar-refractivity contribution in [3.8, 4) is 11.1 Å². The smallest absolute Gasteiger partial charge is 0.153 e. The number of nitrogens with one attached hydrogen (secondary N) is 1. The molecule has 0 amide bonds. The van der Waals surface area contributed by atoms with E-state index in [9.17, 15) is 4.79 Å². The molecule has 1 fully saturated rings. The van der Waals surface area contributed by atoms with Crippen LogP contribution in [0, 0.1) is 6.92 Å². The second-order valence-corrected chi connectivity index (χ2v) is 6.58. The number of hydrogen-bond donors (Lipinski definition) is 1. The molecule has 130 valence electrons. The van der Waals surface area contributed by atoms with Crippen LogP contribution in [0.25, 0.3) is 11.1 Å². The number of aldehydes is 1. The maximum absolute atomic E-state index is 11.5. The summed E-state index contributed by atoms with van der Waals surface area (Å²) < 4.78 is 0. The largest absolute Gasteiger partial charge is 0.324 e. The molecule has 0 radical (unpaired) electrons. The van der Waals surface area contributed by atoms with E-state index in [2.05, 4.69) is 25.3 Å². The van der Waals surface area contributed by atoms with E-state index in [1.807, 2.05) is 19.1 Å². The van der Waals surface area contributed by atoms with Gasteiger partial charge in [-0.05, 0) is 49.1 Å². The summed E-state index contributed by atoms with van der Waals surface area (Å²) in [5.41, 5.74) is 2.82. The summed E-state index contributed by atoms with van der Waals surface area (Å²) in [4.78, 5) is 28.8. The molecule has 0 saturated heterocycles. The fourth-order valence-electron chi connectivity index (χ4n) is 2.88. The van der Waals surface area contributed by atoms with Gasteiger partial charge in [0.15, 0.2) is 6.29 Å². The first-order chi connectivity index (χ1) is 12.7. The van der Waals surface area contributed by atoms with Gasteiger partial charge in [0.05, 0.1) is 5.56 Å². The number of hydrogen-bond acceptors (Lipinski definition) is 6. The highest BCUT2D eigenvalue weighted by atomic mass is 35.5. The summed E-state index contributed by atoms with van der Waals surface area (Å²) >= 11 is 6.22. The minimum absolute atomic E-state index is 0.161. The van der Waals surface area contributed by atoms with E-state index >= 15 is 0 Å². The van der Waals surface area contributed by atoms with E-state index in [0.29, 0.717) is 23.1 Å². The first kappa shape index (κ1) is 16.6. The van der Waals surface area contributed by atoms with Crippen LogP contribution in [-0.4, -0.2) is 26.2 Å². The Balaban J connectivity index is 1.82. The molecule has 0 spiro atoms. The predicted molar refractivity (Wildman–Crippen MR) is 99.9 cm³/mol. The Hall–Kier alpha value is -2.86. The SMILES string of the molecule is Cc1c(C=O)c(Cl)nc(Nc2ccnc(C3CC3)n2)c1-c1ccncc1. The van der Waals surface area contributed by atoms with E-state index in [0.717, 1.165) is 41.6 Å². The average molecular weight is 366 g/mol. The molecule has 0 unspecified atom stereocenters. The van der Waals surface area contributed by atoms with Gasteiger partial charge in [-0.2, -0.15) is 0 Å². The van der Waals surface area contributed by atoms with Gasteiger partial charge in [-0.1, -0.05) is 11.6 Å². The third-order valence-corrected chi connectivity index (χ3v) is 4.69. The summed E-state index contributed by atoms with van der Waals surface area (Å²) in [5, 5.41) is 3.41. The number of anilines is 2. The molecule has 3 aromatic heterocycles. The van der Waals surface area contributed by atoms with Gasteiger partial charge in [0.1, 0.15) is 22.6 Å². The molecule has 3 heterocycles. The fourth-order valence-corrected chi connectivity index (χ4v) is 3.15. The highest BCUT2D eigenvalue weighted by Gasteiger charge is 2.26. The third-order valence-electron chi connectivity index (χ3n) is 4.40. The molecule has 26 heavy (non-hydrogen) atoms. The average Bonchev–Trinajstić information content (AvgIpc) is 3.48. The van der Waals surface area contributed by atoms with Gasteiger partial charge in [-0.15, -0.1) is 0 Å². The van der Waals surface area contributed by atoms with Crippen LogP contribution in [0.4, 0.5) is 11.6 Å². The molecule has 0 atom stereocenters. The van der Waals surface area contributed by atoms with Gasteiger partial charge in [-0.3, -0.25) is 9.78 Å². The van der Waals surface area contributed by atoms with E-state index < -0.39 is 0 Å². The molecule has 6 nitrogen and oxygen atoms in total. The minimum atomic E-state index is 0.161. The monoisotopic (exact) mass is 365 g/mol. The van der Waals surface area contributed by atoms with Crippen LogP contribution < -0.4 is 5.32 Å². The Morgan fingerprint density at radius 3 is 2.62 bits per heavy atom. The summed E-state index contributed by atoms with van der Waals surface area (Å²) in [6.45, 7) is 1.85. The Morgan fingerprint density at radius 1 is 1.15 bits per heavy atom. The zero-order chi connectivity index (χ0) is 18.1. The molecule has 4 rings (SSSR count). The first-order valence-corrected chi connectivity index (χ1v) is 8.71. The Bertz CT molecular complexity index is 973. The molecule has 3 aromatic rings. The van der Waals surface area contributed by atoms with Crippen LogP contribution in [0.3, 0.4) is 0 Å². The number of carbonyl (C=O) groups is 1. The van der Waals surface area contributed by atoms with E-state index in [1.165, 1.54) is 0 Å². The quantitative estimate of drug-likeness (QED) is 0.535. The summed E-state index contributed by atoms with van der Waals surface area (Å²) in [5.74, 6) is 2.49. The lowest BCUT2D eigenvalue weighted by Crippen LogP contribution is -2.05. The zero-order valence-corrected chi connectivity index (χ0v) is 14.9. The van der Waals surface area contributed by atoms with Crippen molar-refractivity contribution in [1.82, 2.24) is 19.9 Å². The van der Waals surface area contributed by atoms with Crippen LogP contribution in [0.15, 0.2) is 36.8 Å². The first-order valence-electron chi connectivity index (χ1n) is 8.33. The molecule has 1 aliphatic carbocycles. The fraction of sp³-hybridized carbons (Fsp3) is 0.211. The molecule has 1 saturated carbocycles. The number of pyridine rings is 2. The van der Waals surface area contributed by atoms with Crippen molar-refractivity contribution in [3.05, 3.63) is 58.9 Å². The number of halogens is 1. The summed E-state index contributed by atoms with van der Waals surface area (Å²) in [6, 6.07) is 5.53. The lowest BCUT2D eigenvalue weighted by Gasteiger charge is -2.16. The standard InChI is InChI=1S/C19H16ClN5O/c1-11-14(10-26)17(20)25-19(16(11)12-4-7-21-8-5-12)24-15-6-9-22-18(23-15)13-2-3-13/h4-10,13H,2-3H2,1H3,(H,22,23,24,25). The van der Waals surface area contributed by atoms with E-state index in [1.54, 1.807) is 24.7 Å². The molecule has 0 aliphatic heterocycles. The van der Waals surface area contributed by atoms with Crippen molar-refractivity contribution in [1.29, 1.82) is 0 Å². The number of rotatable bonds is 5. The minimum Gasteiger partial charge on any atom is -0.324 e. The lowest BCUT2D eigenvalue weighted by atomic mass is 9.99. The normalized spacial score (nSPS) is 13.5. The van der Waals surface area contributed by atoms with Crippen LogP contribution in [0.1, 0.15) is 40.5 Å². The van der Waals surface area contributed by atoms with Crippen molar-refractivity contribution in [2.45, 2.75) is 25.7 Å². The van der Waals surface area contributed by atoms with Crippen LogP contribution >= 0.6 is 11.6 Å². The Labute approximate surface area is 155 Å². The molecular formula is C19H16ClN5O. The van der Waals surface area contributed by atoms with Crippen LogP contribution in [0.2, 0.25) is 5.15 Å². The summed E-state index contributed by atoms with van der Waals surface area (Å²) in [7, 11) is 0. The molecule has 0 bridgehead atoms. The second kappa shape index (κ2) is 6.80. The van der Waals surface area contributed by atoms with Crippen molar-refractivity contribution in [2.75, 3.05) is 5.32 Å². The van der Waals surface area contributed by atoms with Crippen LogP contribution in [-0.2, 0) is 0 Å². The van der Waals surface area contributed by atoms with Crippen molar-refractivity contribution in [3.63, 3.8) is 0 Å². The zero-order valence-electron chi connectivity index (χ0n) is 14.1. The molecule has 1 N–H and O–H groups in total. The molecular weight excluding hydrogens is 350 g/mol. The summed E-state index contributed by atoms with van der Waals surface area (Å²) in [6.07, 6.45) is 8.12. The maximum atomic E-state index is 11.5. The van der Waals surface area contributed by atoms with E-state index in [4.69, 9.17) is 11.6 Å². The van der Waals surface area contributed by atoms with E-state index in [-0.39, 0.29) is 5.15 Å². The highest BCUT2D eigenvalue weighted by Crippen LogP contribution is 2.39. The topological polar surface area (TPSA) is 80.7 Å². The number of carbonyl (C=O) groups excluding carboxylic acids is 1. The number of nitrogens with zero attached hydrogens (tertiary/aromatic N) is 4. The Morgan fingerprint density at radius 2 is 1.92 bits per heavy atom. The number of aromatic nitrogens is 4. The van der Waals surface area contributed by atoms with Gasteiger partial charge in [0.25, 0.3) is 0 Å².